The average molecular weight is 1020 g/mol. The van der Waals surface area contributed by atoms with E-state index in [0.29, 0.717) is 0 Å². The summed E-state index contributed by atoms with van der Waals surface area (Å²) in [6, 6.07) is 0. The summed E-state index contributed by atoms with van der Waals surface area (Å²) in [4.78, 5) is 0. The first kappa shape index (κ1) is 58.6. The largest absolute Gasteiger partial charge is 0.0654 e. The fraction of sp³-hybridized carbons (Fsp3) is 1.00. The van der Waals surface area contributed by atoms with Crippen LogP contribution in [0.3, 0.4) is 0 Å². The van der Waals surface area contributed by atoms with Gasteiger partial charge in [0.25, 0.3) is 0 Å². The molecule has 10 fully saturated rings. The Morgan fingerprint density at radius 2 is 0.378 bits per heavy atom. The van der Waals surface area contributed by atoms with Crippen molar-refractivity contribution in [1.29, 1.82) is 0 Å². The molecule has 0 aromatic rings. The van der Waals surface area contributed by atoms with Crippen LogP contribution in [0, 0.1) is 92.7 Å². The molecule has 0 heterocycles. The molecule has 0 aromatic carbocycles. The Bertz CT molecular complexity index is 1360. The van der Waals surface area contributed by atoms with Gasteiger partial charge in [0.2, 0.25) is 0 Å². The maximum absolute atomic E-state index is 2.35. The van der Waals surface area contributed by atoms with Crippen LogP contribution in [0.1, 0.15) is 374 Å². The van der Waals surface area contributed by atoms with Crippen LogP contribution in [-0.2, 0) is 0 Å². The van der Waals surface area contributed by atoms with Gasteiger partial charge in [-0.15, -0.1) is 0 Å². The second-order valence-electron chi connectivity index (χ2n) is 31.9. The van der Waals surface area contributed by atoms with Gasteiger partial charge in [0, 0.05) is 0 Å². The van der Waals surface area contributed by atoms with E-state index in [0.717, 1.165) is 92.7 Å². The Morgan fingerprint density at radius 3 is 0.581 bits per heavy atom. The third-order valence-electron chi connectivity index (χ3n) is 27.0. The van der Waals surface area contributed by atoms with E-state index in [1.54, 1.807) is 244 Å². The molecule has 0 aromatic heterocycles. The minimum atomic E-state index is 0.815. The smallest absolute Gasteiger partial charge is 0.0287 e. The van der Waals surface area contributed by atoms with Crippen molar-refractivity contribution in [3.8, 4) is 0 Å². The SMILES string of the molecule is CCCCCC1CCC([C@H]2CCC3(CC2)CC2(CC[C@H]([C@H]4CC[C@H](CCCCC)CC4)CC2)C3)CC1.CCCCCCC1CCC(C2CCC3(CC2)CC2(CCC(C4CCC(CCCCCC)CC4)CC2)C3)CC1. The maximum Gasteiger partial charge on any atom is -0.0287 e. The van der Waals surface area contributed by atoms with E-state index >= 15 is 0 Å². The number of hydrogen-bond donors (Lipinski definition) is 0. The minimum absolute atomic E-state index is 0.815. The van der Waals surface area contributed by atoms with E-state index in [1.165, 1.54) is 103 Å². The number of rotatable bonds is 22. The van der Waals surface area contributed by atoms with Crippen LogP contribution in [0.4, 0.5) is 0 Å². The highest BCUT2D eigenvalue weighted by atomic mass is 14.6. The van der Waals surface area contributed by atoms with Gasteiger partial charge in [-0.2, -0.15) is 0 Å². The van der Waals surface area contributed by atoms with E-state index < -0.39 is 0 Å². The fourth-order valence-corrected chi connectivity index (χ4v) is 22.3. The van der Waals surface area contributed by atoms with Crippen LogP contribution >= 0.6 is 0 Å². The Kier molecular flexibility index (Phi) is 23.1. The zero-order valence-corrected chi connectivity index (χ0v) is 51.1. The molecule has 74 heavy (non-hydrogen) atoms. The third kappa shape index (κ3) is 16.1. The van der Waals surface area contributed by atoms with Crippen molar-refractivity contribution in [2.45, 2.75) is 374 Å². The lowest BCUT2D eigenvalue weighted by molar-refractivity contribution is -0.109. The van der Waals surface area contributed by atoms with Crippen molar-refractivity contribution in [3.63, 3.8) is 0 Å². The first-order valence-electron chi connectivity index (χ1n) is 36.2. The molecule has 0 amide bonds. The Morgan fingerprint density at radius 1 is 0.203 bits per heavy atom. The van der Waals surface area contributed by atoms with Crippen LogP contribution < -0.4 is 0 Å². The predicted molar refractivity (Wildman–Crippen MR) is 324 cm³/mol. The molecule has 0 N–H and O–H groups in total. The molecule has 10 rings (SSSR count). The molecule has 0 unspecified atom stereocenters. The first-order valence-corrected chi connectivity index (χ1v) is 36.2. The summed E-state index contributed by atoms with van der Waals surface area (Å²) in [6.07, 6.45) is 84.1. The lowest BCUT2D eigenvalue weighted by Crippen LogP contribution is -2.50. The summed E-state index contributed by atoms with van der Waals surface area (Å²) >= 11 is 0. The minimum Gasteiger partial charge on any atom is -0.0654 e. The molecule has 0 heteroatoms. The molecule has 0 atom stereocenters. The summed E-state index contributed by atoms with van der Waals surface area (Å²) < 4.78 is 0. The highest BCUT2D eigenvalue weighted by Gasteiger charge is 2.57. The zero-order valence-electron chi connectivity index (χ0n) is 51.1. The lowest BCUT2D eigenvalue weighted by atomic mass is 9.43. The summed E-state index contributed by atoms with van der Waals surface area (Å²) in [5.41, 5.74) is 3.26. The zero-order chi connectivity index (χ0) is 51.1. The summed E-state index contributed by atoms with van der Waals surface area (Å²) in [7, 11) is 0. The molecular weight excluding hydrogens is 889 g/mol. The van der Waals surface area contributed by atoms with Gasteiger partial charge in [0.05, 0.1) is 0 Å². The second-order valence-corrected chi connectivity index (χ2v) is 31.9. The summed E-state index contributed by atoms with van der Waals surface area (Å²) in [5.74, 6) is 13.2. The van der Waals surface area contributed by atoms with Gasteiger partial charge in [-0.3, -0.25) is 0 Å². The molecule has 0 aliphatic heterocycles. The summed E-state index contributed by atoms with van der Waals surface area (Å²) in [6.45, 7) is 9.39. The Labute approximate surface area is 464 Å². The third-order valence-corrected chi connectivity index (χ3v) is 27.0. The summed E-state index contributed by atoms with van der Waals surface area (Å²) in [5, 5.41) is 0. The number of hydrogen-bond acceptors (Lipinski definition) is 0. The van der Waals surface area contributed by atoms with Gasteiger partial charge < -0.3 is 0 Å². The van der Waals surface area contributed by atoms with Gasteiger partial charge in [-0.05, 0) is 272 Å². The van der Waals surface area contributed by atoms with E-state index in [4.69, 9.17) is 0 Å². The molecule has 10 aliphatic rings. The molecule has 0 radical (unpaired) electrons. The van der Waals surface area contributed by atoms with Gasteiger partial charge in [-0.25, -0.2) is 0 Å². The average Bonchev–Trinajstić information content (AvgIpc) is 3.42. The van der Waals surface area contributed by atoms with E-state index in [-0.39, 0.29) is 0 Å². The van der Waals surface area contributed by atoms with E-state index in [9.17, 15) is 0 Å². The Hall–Kier alpha value is 0. The van der Waals surface area contributed by atoms with Gasteiger partial charge in [0.15, 0.2) is 0 Å². The van der Waals surface area contributed by atoms with Crippen molar-refractivity contribution < 1.29 is 0 Å². The monoisotopic (exact) mass is 1020 g/mol. The molecule has 0 saturated heterocycles. The van der Waals surface area contributed by atoms with Crippen molar-refractivity contribution in [2.24, 2.45) is 92.7 Å². The van der Waals surface area contributed by atoms with Gasteiger partial charge in [0.1, 0.15) is 0 Å². The number of unbranched alkanes of at least 4 members (excludes halogenated alkanes) is 10. The second kappa shape index (κ2) is 29.1. The lowest BCUT2D eigenvalue weighted by Gasteiger charge is -2.62. The normalized spacial score (nSPS) is 42.6. The maximum atomic E-state index is 2.35. The molecule has 10 aliphatic carbocycles. The molecule has 428 valence electrons. The van der Waals surface area contributed by atoms with E-state index in [1.807, 2.05) is 0 Å². The van der Waals surface area contributed by atoms with Crippen molar-refractivity contribution in [1.82, 2.24) is 0 Å². The topological polar surface area (TPSA) is 0 Å². The Balaban J connectivity index is 0.000000182. The van der Waals surface area contributed by atoms with Crippen molar-refractivity contribution >= 4 is 0 Å². The van der Waals surface area contributed by atoms with Crippen LogP contribution in [-0.4, -0.2) is 0 Å². The van der Waals surface area contributed by atoms with Crippen molar-refractivity contribution in [2.75, 3.05) is 0 Å². The van der Waals surface area contributed by atoms with Crippen molar-refractivity contribution in [3.05, 3.63) is 0 Å². The quantitative estimate of drug-likeness (QED) is 0.0948. The van der Waals surface area contributed by atoms with Crippen LogP contribution in [0.15, 0.2) is 0 Å². The van der Waals surface area contributed by atoms with E-state index in [2.05, 4.69) is 27.7 Å². The molecule has 4 spiro atoms. The molecule has 10 saturated carbocycles. The first-order chi connectivity index (χ1) is 36.2. The van der Waals surface area contributed by atoms with Crippen LogP contribution in [0.5, 0.6) is 0 Å². The highest BCUT2D eigenvalue weighted by Crippen LogP contribution is 2.69. The van der Waals surface area contributed by atoms with Crippen LogP contribution in [0.25, 0.3) is 0 Å². The van der Waals surface area contributed by atoms with Crippen LogP contribution in [0.2, 0.25) is 0 Å². The predicted octanol–water partition coefficient (Wildman–Crippen LogP) is 24.6. The van der Waals surface area contributed by atoms with Gasteiger partial charge >= 0.3 is 0 Å². The molecule has 0 bridgehead atoms. The molecule has 0 nitrogen and oxygen atoms in total. The van der Waals surface area contributed by atoms with Gasteiger partial charge in [-0.1, -0.05) is 195 Å². The fourth-order valence-electron chi connectivity index (χ4n) is 22.3. The molecular formula is C74H132. The standard InChI is InChI=1S/C38H68.C36H64/c1-3-5-7-9-11-31-13-17-33(18-14-31)35-21-25-37(26-22-35)29-38(30-37)27-23-36(24-28-38)34-19-15-32(16-20-34)12-10-8-6-4-2;1-3-5-7-9-29-11-15-31(16-12-29)33-19-23-35(24-20-33)27-36(28-35)25-21-34(22-26-36)32-17-13-30(14-18-32)10-8-6-4-2/h31-36H,3-30H2,1-2H3;29-34H,3-28H2,1-2H3/t;29-,30?,31-,32?,33-,34-,35?,36?. The highest BCUT2D eigenvalue weighted by molar-refractivity contribution is 5.08.